The molecule has 4 atom stereocenters. The van der Waals surface area contributed by atoms with Gasteiger partial charge in [-0.2, -0.15) is 0 Å². The predicted octanol–water partition coefficient (Wildman–Crippen LogP) is 1.26. The Bertz CT molecular complexity index is 575. The smallest absolute Gasteiger partial charge is 0.224 e. The van der Waals surface area contributed by atoms with Gasteiger partial charge >= 0.3 is 0 Å². The van der Waals surface area contributed by atoms with E-state index in [-0.39, 0.29) is 36.8 Å². The monoisotopic (exact) mass is 330 g/mol. The molecule has 1 aromatic rings. The molecule has 2 bridgehead atoms. The molecule has 0 saturated heterocycles. The average Bonchev–Trinajstić information content (AvgIpc) is 3.17. The maximum absolute atomic E-state index is 12.1. The van der Waals surface area contributed by atoms with Crippen LogP contribution in [0.1, 0.15) is 31.2 Å². The van der Waals surface area contributed by atoms with Crippen molar-refractivity contribution in [2.24, 2.45) is 17.8 Å². The largest absolute Gasteiger partial charge is 0.396 e. The highest BCUT2D eigenvalue weighted by molar-refractivity contribution is 5.80. The van der Waals surface area contributed by atoms with E-state index in [9.17, 15) is 14.7 Å². The van der Waals surface area contributed by atoms with Crippen molar-refractivity contribution in [3.05, 3.63) is 35.9 Å². The molecule has 2 fully saturated rings. The molecule has 0 spiro atoms. The highest BCUT2D eigenvalue weighted by atomic mass is 16.3. The Morgan fingerprint density at radius 3 is 2.58 bits per heavy atom. The Balaban J connectivity index is 1.37. The van der Waals surface area contributed by atoms with Crippen LogP contribution < -0.4 is 10.6 Å². The molecule has 1 aromatic carbocycles. The van der Waals surface area contributed by atoms with Gasteiger partial charge in [-0.15, -0.1) is 0 Å². The fraction of sp³-hybridized carbons (Fsp3) is 0.579. The minimum Gasteiger partial charge on any atom is -0.396 e. The fourth-order valence-electron chi connectivity index (χ4n) is 4.32. The van der Waals surface area contributed by atoms with Crippen molar-refractivity contribution in [1.82, 2.24) is 10.6 Å². The third kappa shape index (κ3) is 3.96. The number of hydrogen-bond acceptors (Lipinski definition) is 3. The first-order valence-corrected chi connectivity index (χ1v) is 8.88. The summed E-state index contributed by atoms with van der Waals surface area (Å²) < 4.78 is 0. The molecule has 0 aliphatic heterocycles. The zero-order valence-corrected chi connectivity index (χ0v) is 13.9. The molecule has 0 heterocycles. The SMILES string of the molecule is O=C(Cc1ccccc1)NCCC(=O)NC1C2CCC(C2)C1CO. The van der Waals surface area contributed by atoms with Gasteiger partial charge < -0.3 is 15.7 Å². The summed E-state index contributed by atoms with van der Waals surface area (Å²) >= 11 is 0. The Morgan fingerprint density at radius 2 is 1.83 bits per heavy atom. The molecule has 5 nitrogen and oxygen atoms in total. The number of carbonyl (C=O) groups is 2. The van der Waals surface area contributed by atoms with Gasteiger partial charge in [-0.1, -0.05) is 30.3 Å². The lowest BCUT2D eigenvalue weighted by atomic mass is 9.85. The Morgan fingerprint density at radius 1 is 1.08 bits per heavy atom. The minimum absolute atomic E-state index is 0.0361. The van der Waals surface area contributed by atoms with E-state index in [1.807, 2.05) is 30.3 Å². The highest BCUT2D eigenvalue weighted by Crippen LogP contribution is 2.48. The average molecular weight is 330 g/mol. The lowest BCUT2D eigenvalue weighted by Crippen LogP contribution is -2.46. The molecule has 24 heavy (non-hydrogen) atoms. The van der Waals surface area contributed by atoms with Crippen LogP contribution in [0, 0.1) is 17.8 Å². The summed E-state index contributed by atoms with van der Waals surface area (Å²) in [5.41, 5.74) is 0.965. The van der Waals surface area contributed by atoms with Crippen LogP contribution >= 0.6 is 0 Å². The van der Waals surface area contributed by atoms with E-state index >= 15 is 0 Å². The standard InChI is InChI=1S/C19H26N2O3/c22-12-16-14-6-7-15(11-14)19(16)21-17(23)8-9-20-18(24)10-13-4-2-1-3-5-13/h1-5,14-16,19,22H,6-12H2,(H,20,24)(H,21,23). The van der Waals surface area contributed by atoms with Crippen LogP contribution in [0.25, 0.3) is 0 Å². The molecule has 2 aliphatic rings. The first-order chi connectivity index (χ1) is 11.7. The van der Waals surface area contributed by atoms with Crippen molar-refractivity contribution in [3.8, 4) is 0 Å². The summed E-state index contributed by atoms with van der Waals surface area (Å²) in [6, 6.07) is 9.67. The van der Waals surface area contributed by atoms with Gasteiger partial charge in [-0.3, -0.25) is 9.59 Å². The second-order valence-corrected chi connectivity index (χ2v) is 7.04. The molecule has 0 aromatic heterocycles. The third-order valence-electron chi connectivity index (χ3n) is 5.51. The number of carbonyl (C=O) groups excluding carboxylic acids is 2. The number of hydrogen-bond donors (Lipinski definition) is 3. The molecule has 2 saturated carbocycles. The number of aliphatic hydroxyl groups is 1. The van der Waals surface area contributed by atoms with E-state index < -0.39 is 0 Å². The normalized spacial score (nSPS) is 27.9. The van der Waals surface area contributed by atoms with E-state index in [2.05, 4.69) is 10.6 Å². The van der Waals surface area contributed by atoms with Crippen LogP contribution in [-0.2, 0) is 16.0 Å². The summed E-state index contributed by atoms with van der Waals surface area (Å²) in [7, 11) is 0. The third-order valence-corrected chi connectivity index (χ3v) is 5.51. The van der Waals surface area contributed by atoms with Crippen molar-refractivity contribution in [2.75, 3.05) is 13.2 Å². The van der Waals surface area contributed by atoms with Gasteiger partial charge in [0, 0.05) is 31.5 Å². The van der Waals surface area contributed by atoms with Crippen molar-refractivity contribution in [2.45, 2.75) is 38.1 Å². The van der Waals surface area contributed by atoms with Gasteiger partial charge in [0.1, 0.15) is 0 Å². The second kappa shape index (κ2) is 7.79. The van der Waals surface area contributed by atoms with E-state index in [4.69, 9.17) is 0 Å². The summed E-state index contributed by atoms with van der Waals surface area (Å²) in [6.45, 7) is 0.502. The van der Waals surface area contributed by atoms with Crippen molar-refractivity contribution in [3.63, 3.8) is 0 Å². The maximum Gasteiger partial charge on any atom is 0.224 e. The van der Waals surface area contributed by atoms with Crippen molar-refractivity contribution in [1.29, 1.82) is 0 Å². The summed E-state index contributed by atoms with van der Waals surface area (Å²) in [6.07, 6.45) is 4.08. The minimum atomic E-state index is -0.0674. The van der Waals surface area contributed by atoms with Crippen molar-refractivity contribution >= 4 is 11.8 Å². The molecular weight excluding hydrogens is 304 g/mol. The van der Waals surface area contributed by atoms with Crippen LogP contribution in [0.4, 0.5) is 0 Å². The number of fused-ring (bicyclic) bond motifs is 2. The van der Waals surface area contributed by atoms with E-state index in [0.717, 1.165) is 18.4 Å². The number of aliphatic hydroxyl groups excluding tert-OH is 1. The molecule has 2 aliphatic carbocycles. The first-order valence-electron chi connectivity index (χ1n) is 8.88. The zero-order valence-electron chi connectivity index (χ0n) is 13.9. The second-order valence-electron chi connectivity index (χ2n) is 7.04. The topological polar surface area (TPSA) is 78.4 Å². The van der Waals surface area contributed by atoms with E-state index in [0.29, 0.717) is 24.8 Å². The molecule has 130 valence electrons. The number of nitrogens with one attached hydrogen (secondary N) is 2. The van der Waals surface area contributed by atoms with Gasteiger partial charge in [0.05, 0.1) is 6.42 Å². The van der Waals surface area contributed by atoms with E-state index in [1.54, 1.807) is 0 Å². The zero-order chi connectivity index (χ0) is 16.9. The van der Waals surface area contributed by atoms with Gasteiger partial charge in [0.15, 0.2) is 0 Å². The van der Waals surface area contributed by atoms with Gasteiger partial charge in [-0.05, 0) is 36.7 Å². The predicted molar refractivity (Wildman–Crippen MR) is 91.1 cm³/mol. The molecule has 3 rings (SSSR count). The molecule has 3 N–H and O–H groups in total. The fourth-order valence-corrected chi connectivity index (χ4v) is 4.32. The number of rotatable bonds is 7. The summed E-state index contributed by atoms with van der Waals surface area (Å²) in [5.74, 6) is 1.19. The summed E-state index contributed by atoms with van der Waals surface area (Å²) in [5, 5.41) is 15.4. The van der Waals surface area contributed by atoms with Gasteiger partial charge in [-0.25, -0.2) is 0 Å². The maximum atomic E-state index is 12.1. The van der Waals surface area contributed by atoms with Crippen LogP contribution in [0.3, 0.4) is 0 Å². The Labute approximate surface area is 142 Å². The van der Waals surface area contributed by atoms with Gasteiger partial charge in [0.25, 0.3) is 0 Å². The van der Waals surface area contributed by atoms with Gasteiger partial charge in [0.2, 0.25) is 11.8 Å². The van der Waals surface area contributed by atoms with Crippen LogP contribution in [0.15, 0.2) is 30.3 Å². The quantitative estimate of drug-likeness (QED) is 0.704. The summed E-state index contributed by atoms with van der Waals surface area (Å²) in [4.78, 5) is 24.0. The molecule has 5 heteroatoms. The van der Waals surface area contributed by atoms with Crippen molar-refractivity contribution < 1.29 is 14.7 Å². The van der Waals surface area contributed by atoms with Crippen LogP contribution in [-0.4, -0.2) is 36.1 Å². The number of benzene rings is 1. The lowest BCUT2D eigenvalue weighted by Gasteiger charge is -2.30. The van der Waals surface area contributed by atoms with E-state index in [1.165, 1.54) is 6.42 Å². The highest BCUT2D eigenvalue weighted by Gasteiger charge is 2.47. The number of amides is 2. The lowest BCUT2D eigenvalue weighted by molar-refractivity contribution is -0.123. The Kier molecular flexibility index (Phi) is 5.51. The molecule has 0 radical (unpaired) electrons. The van der Waals surface area contributed by atoms with Crippen LogP contribution in [0.5, 0.6) is 0 Å². The molecular formula is C19H26N2O3. The first kappa shape index (κ1) is 17.0. The Hall–Kier alpha value is -1.88. The van der Waals surface area contributed by atoms with Crippen LogP contribution in [0.2, 0.25) is 0 Å². The molecule has 4 unspecified atom stereocenters. The molecule has 2 amide bonds.